The zero-order valence-electron chi connectivity index (χ0n) is 14.6. The zero-order chi connectivity index (χ0) is 19.1. The summed E-state index contributed by atoms with van der Waals surface area (Å²) < 4.78 is 40.5. The average Bonchev–Trinajstić information content (AvgIpc) is 2.69. The highest BCUT2D eigenvalue weighted by Gasteiger charge is 2.18. The van der Waals surface area contributed by atoms with E-state index in [2.05, 4.69) is 0 Å². The molecule has 0 fully saturated rings. The van der Waals surface area contributed by atoms with E-state index in [-0.39, 0.29) is 22.3 Å². The first-order valence-electron chi connectivity index (χ1n) is 8.20. The molecule has 0 spiro atoms. The van der Waals surface area contributed by atoms with E-state index in [1.165, 1.54) is 26.4 Å². The molecule has 0 aliphatic heterocycles. The maximum absolute atomic E-state index is 14.3. The van der Waals surface area contributed by atoms with Gasteiger partial charge in [0.25, 0.3) is 0 Å². The van der Waals surface area contributed by atoms with Gasteiger partial charge in [-0.25, -0.2) is 8.78 Å². The third-order valence-electron chi connectivity index (χ3n) is 4.53. The van der Waals surface area contributed by atoms with E-state index in [4.69, 9.17) is 9.47 Å². The van der Waals surface area contributed by atoms with Gasteiger partial charge in [0, 0.05) is 28.6 Å². The molecule has 0 unspecified atom stereocenters. The summed E-state index contributed by atoms with van der Waals surface area (Å²) in [5.74, 6) is -1.29. The van der Waals surface area contributed by atoms with Crippen molar-refractivity contribution in [1.82, 2.24) is 4.57 Å². The molecule has 0 aliphatic rings. The number of pyridine rings is 1. The van der Waals surface area contributed by atoms with Crippen LogP contribution in [0.25, 0.3) is 27.5 Å². The number of hydrogen-bond acceptors (Lipinski definition) is 3. The van der Waals surface area contributed by atoms with Crippen molar-refractivity contribution in [3.63, 3.8) is 0 Å². The molecule has 1 heterocycles. The maximum atomic E-state index is 14.3. The summed E-state index contributed by atoms with van der Waals surface area (Å²) >= 11 is 0. The number of nitrogens with zero attached hydrogens (tertiary/aromatic N) is 1. The standard InChI is InChI=1S/C21H15F2NO3/c1-26-19-10-17-13(8-15(19)22)21(25)14-9-16(23)20(27-2)11-18(14)24(17)12-6-4-3-5-7-12/h3-11H,1-2H3. The molecule has 1 aromatic heterocycles. The lowest BCUT2D eigenvalue weighted by Gasteiger charge is -2.17. The summed E-state index contributed by atoms with van der Waals surface area (Å²) in [5.41, 5.74) is 1.17. The van der Waals surface area contributed by atoms with Crippen LogP contribution in [0.2, 0.25) is 0 Å². The van der Waals surface area contributed by atoms with Crippen LogP contribution in [0.1, 0.15) is 0 Å². The van der Waals surface area contributed by atoms with Crippen molar-refractivity contribution >= 4 is 21.8 Å². The Hall–Kier alpha value is -3.41. The van der Waals surface area contributed by atoms with Gasteiger partial charge in [0.1, 0.15) is 0 Å². The quantitative estimate of drug-likeness (QED) is 0.503. The Kier molecular flexibility index (Phi) is 4.03. The Labute approximate surface area is 153 Å². The van der Waals surface area contributed by atoms with Crippen LogP contribution in [-0.4, -0.2) is 18.8 Å². The summed E-state index contributed by atoms with van der Waals surface area (Å²) in [7, 11) is 2.71. The maximum Gasteiger partial charge on any atom is 0.197 e. The number of hydrogen-bond donors (Lipinski definition) is 0. The monoisotopic (exact) mass is 367 g/mol. The largest absolute Gasteiger partial charge is 0.494 e. The van der Waals surface area contributed by atoms with E-state index in [0.717, 1.165) is 17.8 Å². The van der Waals surface area contributed by atoms with Gasteiger partial charge in [0.2, 0.25) is 0 Å². The molecule has 3 aromatic carbocycles. The van der Waals surface area contributed by atoms with Gasteiger partial charge < -0.3 is 14.0 Å². The van der Waals surface area contributed by atoms with Crippen molar-refractivity contribution < 1.29 is 18.3 Å². The van der Waals surface area contributed by atoms with Gasteiger partial charge in [0.15, 0.2) is 28.6 Å². The van der Waals surface area contributed by atoms with Crippen LogP contribution < -0.4 is 14.9 Å². The van der Waals surface area contributed by atoms with E-state index in [9.17, 15) is 13.6 Å². The van der Waals surface area contributed by atoms with Gasteiger partial charge in [-0.1, -0.05) is 18.2 Å². The lowest BCUT2D eigenvalue weighted by atomic mass is 10.1. The highest BCUT2D eigenvalue weighted by Crippen LogP contribution is 2.31. The number of halogens is 2. The molecule has 0 saturated carbocycles. The van der Waals surface area contributed by atoms with Crippen molar-refractivity contribution in [1.29, 1.82) is 0 Å². The number of ether oxygens (including phenoxy) is 2. The number of benzene rings is 3. The fraction of sp³-hybridized carbons (Fsp3) is 0.0952. The molecule has 0 N–H and O–H groups in total. The minimum Gasteiger partial charge on any atom is -0.494 e. The molecule has 0 bridgehead atoms. The van der Waals surface area contributed by atoms with Gasteiger partial charge in [-0.05, 0) is 24.3 Å². The molecule has 4 aromatic rings. The summed E-state index contributed by atoms with van der Waals surface area (Å²) in [6.45, 7) is 0. The van der Waals surface area contributed by atoms with Gasteiger partial charge in [-0.3, -0.25) is 4.79 Å². The van der Waals surface area contributed by atoms with Crippen molar-refractivity contribution in [3.05, 3.63) is 76.5 Å². The smallest absolute Gasteiger partial charge is 0.197 e. The number of methoxy groups -OCH3 is 2. The molecule has 0 aliphatic carbocycles. The number of rotatable bonds is 3. The Morgan fingerprint density at radius 1 is 0.778 bits per heavy atom. The van der Waals surface area contributed by atoms with Gasteiger partial charge >= 0.3 is 0 Å². The van der Waals surface area contributed by atoms with Gasteiger partial charge in [-0.2, -0.15) is 0 Å². The Morgan fingerprint density at radius 2 is 1.26 bits per heavy atom. The van der Waals surface area contributed by atoms with Crippen molar-refractivity contribution in [2.45, 2.75) is 0 Å². The number of fused-ring (bicyclic) bond motifs is 2. The van der Waals surface area contributed by atoms with E-state index in [1.807, 2.05) is 30.3 Å². The first-order valence-corrected chi connectivity index (χ1v) is 8.20. The van der Waals surface area contributed by atoms with Crippen molar-refractivity contribution in [3.8, 4) is 17.2 Å². The lowest BCUT2D eigenvalue weighted by molar-refractivity contribution is 0.387. The highest BCUT2D eigenvalue weighted by molar-refractivity contribution is 5.96. The van der Waals surface area contributed by atoms with Crippen LogP contribution in [0, 0.1) is 11.6 Å². The Balaban J connectivity index is 2.29. The summed E-state index contributed by atoms with van der Waals surface area (Å²) in [4.78, 5) is 12.9. The van der Waals surface area contributed by atoms with Crippen LogP contribution in [0.5, 0.6) is 11.5 Å². The molecule has 0 saturated heterocycles. The first-order chi connectivity index (χ1) is 13.0. The lowest BCUT2D eigenvalue weighted by Crippen LogP contribution is -2.12. The topological polar surface area (TPSA) is 40.5 Å². The van der Waals surface area contributed by atoms with Crippen LogP contribution in [-0.2, 0) is 0 Å². The average molecular weight is 367 g/mol. The van der Waals surface area contributed by atoms with E-state index in [1.54, 1.807) is 4.57 Å². The van der Waals surface area contributed by atoms with Crippen molar-refractivity contribution in [2.24, 2.45) is 0 Å². The molecule has 0 amide bonds. The minimum atomic E-state index is -0.657. The molecule has 4 rings (SSSR count). The van der Waals surface area contributed by atoms with Crippen LogP contribution in [0.4, 0.5) is 8.78 Å². The van der Waals surface area contributed by atoms with E-state index >= 15 is 0 Å². The predicted molar refractivity (Wildman–Crippen MR) is 100 cm³/mol. The number of para-hydroxylation sites is 1. The van der Waals surface area contributed by atoms with Crippen LogP contribution in [0.3, 0.4) is 0 Å². The molecule has 4 nitrogen and oxygen atoms in total. The fourth-order valence-electron chi connectivity index (χ4n) is 3.26. The molecule has 6 heteroatoms. The second-order valence-electron chi connectivity index (χ2n) is 6.01. The number of aromatic nitrogens is 1. The molecule has 0 atom stereocenters. The van der Waals surface area contributed by atoms with Crippen LogP contribution >= 0.6 is 0 Å². The third kappa shape index (κ3) is 2.61. The fourth-order valence-corrected chi connectivity index (χ4v) is 3.26. The Morgan fingerprint density at radius 3 is 1.70 bits per heavy atom. The Bertz CT molecular complexity index is 1160. The first kappa shape index (κ1) is 17.0. The normalized spacial score (nSPS) is 11.1. The minimum absolute atomic E-state index is 0.0139. The van der Waals surface area contributed by atoms with Gasteiger partial charge in [-0.15, -0.1) is 0 Å². The predicted octanol–water partition coefficient (Wildman–Crippen LogP) is 4.44. The van der Waals surface area contributed by atoms with Gasteiger partial charge in [0.05, 0.1) is 25.3 Å². The highest BCUT2D eigenvalue weighted by atomic mass is 19.1. The van der Waals surface area contributed by atoms with E-state index < -0.39 is 17.1 Å². The molecular formula is C21H15F2NO3. The summed E-state index contributed by atoms with van der Waals surface area (Å²) in [6.07, 6.45) is 0. The SMILES string of the molecule is COc1cc2c(cc1F)c(=O)c1cc(F)c(OC)cc1n2-c1ccccc1. The molecule has 27 heavy (non-hydrogen) atoms. The third-order valence-corrected chi connectivity index (χ3v) is 4.53. The van der Waals surface area contributed by atoms with Crippen LogP contribution in [0.15, 0.2) is 59.4 Å². The summed E-state index contributed by atoms with van der Waals surface area (Å²) in [6, 6.07) is 14.4. The zero-order valence-corrected chi connectivity index (χ0v) is 14.6. The second kappa shape index (κ2) is 6.39. The van der Waals surface area contributed by atoms with Crippen molar-refractivity contribution in [2.75, 3.05) is 14.2 Å². The second-order valence-corrected chi connectivity index (χ2v) is 6.01. The molecular weight excluding hydrogens is 352 g/mol. The summed E-state index contributed by atoms with van der Waals surface area (Å²) in [5, 5.41) is 0.267. The molecule has 136 valence electrons. The molecule has 0 radical (unpaired) electrons. The van der Waals surface area contributed by atoms with E-state index in [0.29, 0.717) is 11.0 Å².